The lowest BCUT2D eigenvalue weighted by Gasteiger charge is -2.17. The van der Waals surface area contributed by atoms with Gasteiger partial charge in [-0.1, -0.05) is 18.2 Å². The summed E-state index contributed by atoms with van der Waals surface area (Å²) < 4.78 is 12.9. The van der Waals surface area contributed by atoms with Gasteiger partial charge in [-0.05, 0) is 67.4 Å². The molecule has 1 aliphatic heterocycles. The Labute approximate surface area is 158 Å². The van der Waals surface area contributed by atoms with Gasteiger partial charge in [0.25, 0.3) is 0 Å². The van der Waals surface area contributed by atoms with Gasteiger partial charge < -0.3 is 15.5 Å². The van der Waals surface area contributed by atoms with Crippen LogP contribution in [0.25, 0.3) is 0 Å². The Morgan fingerprint density at radius 2 is 2.00 bits per heavy atom. The largest absolute Gasteiger partial charge is 0.362 e. The van der Waals surface area contributed by atoms with Gasteiger partial charge in [-0.3, -0.25) is 4.79 Å². The molecule has 136 valence electrons. The lowest BCUT2D eigenvalue weighted by Crippen LogP contribution is -2.29. The van der Waals surface area contributed by atoms with Crippen molar-refractivity contribution in [1.82, 2.24) is 5.32 Å². The average molecular weight is 371 g/mol. The zero-order valence-corrected chi connectivity index (χ0v) is 15.3. The summed E-state index contributed by atoms with van der Waals surface area (Å²) in [6.45, 7) is 1.50. The highest BCUT2D eigenvalue weighted by atomic mass is 32.1. The van der Waals surface area contributed by atoms with Gasteiger partial charge in [0, 0.05) is 30.9 Å². The Balaban J connectivity index is 1.44. The number of aryl methyl sites for hydroxylation is 1. The third-order valence-electron chi connectivity index (χ3n) is 4.33. The molecule has 1 aliphatic rings. The van der Waals surface area contributed by atoms with E-state index < -0.39 is 0 Å². The summed E-state index contributed by atoms with van der Waals surface area (Å²) >= 11 is 5.33. The molecule has 0 atom stereocenters. The molecule has 0 bridgehead atoms. The number of amides is 1. The van der Waals surface area contributed by atoms with Crippen molar-refractivity contribution in [1.29, 1.82) is 0 Å². The number of rotatable bonds is 6. The van der Waals surface area contributed by atoms with Crippen molar-refractivity contribution in [3.05, 3.63) is 59.9 Å². The highest BCUT2D eigenvalue weighted by Crippen LogP contribution is 2.24. The normalized spacial score (nSPS) is 13.7. The second kappa shape index (κ2) is 8.76. The second-order valence-electron chi connectivity index (χ2n) is 6.31. The van der Waals surface area contributed by atoms with Crippen molar-refractivity contribution >= 4 is 34.6 Å². The summed E-state index contributed by atoms with van der Waals surface area (Å²) in [6, 6.07) is 14.3. The van der Waals surface area contributed by atoms with Crippen molar-refractivity contribution in [3.8, 4) is 0 Å². The second-order valence-corrected chi connectivity index (χ2v) is 6.72. The fraction of sp³-hybridized carbons (Fsp3) is 0.300. The molecular formula is C20H22FN3OS. The summed E-state index contributed by atoms with van der Waals surface area (Å²) in [7, 11) is 0. The highest BCUT2D eigenvalue weighted by Gasteiger charge is 2.21. The van der Waals surface area contributed by atoms with Crippen molar-refractivity contribution < 1.29 is 9.18 Å². The monoisotopic (exact) mass is 371 g/mol. The van der Waals surface area contributed by atoms with E-state index in [0.717, 1.165) is 49.3 Å². The van der Waals surface area contributed by atoms with Gasteiger partial charge in [-0.25, -0.2) is 4.39 Å². The van der Waals surface area contributed by atoms with E-state index in [1.807, 2.05) is 29.2 Å². The number of nitrogens with one attached hydrogen (secondary N) is 2. The Bertz CT molecular complexity index is 779. The van der Waals surface area contributed by atoms with E-state index in [1.165, 1.54) is 12.1 Å². The Hall–Kier alpha value is -2.47. The van der Waals surface area contributed by atoms with Crippen LogP contribution in [0.5, 0.6) is 0 Å². The van der Waals surface area contributed by atoms with E-state index in [-0.39, 0.29) is 11.7 Å². The first-order chi connectivity index (χ1) is 12.6. The van der Waals surface area contributed by atoms with Gasteiger partial charge in [-0.2, -0.15) is 0 Å². The number of anilines is 2. The summed E-state index contributed by atoms with van der Waals surface area (Å²) in [5.74, 6) is -0.0428. The third kappa shape index (κ3) is 5.02. The molecule has 4 nitrogen and oxygen atoms in total. The number of nitrogens with zero attached hydrogens (tertiary/aromatic N) is 1. The van der Waals surface area contributed by atoms with Crippen molar-refractivity contribution in [3.63, 3.8) is 0 Å². The minimum atomic E-state index is -0.213. The fourth-order valence-corrected chi connectivity index (χ4v) is 3.21. The minimum Gasteiger partial charge on any atom is -0.362 e. The Morgan fingerprint density at radius 3 is 2.73 bits per heavy atom. The molecule has 0 saturated carbocycles. The van der Waals surface area contributed by atoms with Crippen LogP contribution in [0, 0.1) is 5.82 Å². The predicted octanol–water partition coefficient (Wildman–Crippen LogP) is 3.87. The maximum Gasteiger partial charge on any atom is 0.227 e. The van der Waals surface area contributed by atoms with E-state index in [2.05, 4.69) is 10.6 Å². The van der Waals surface area contributed by atoms with Crippen LogP contribution in [0.2, 0.25) is 0 Å². The molecule has 2 aromatic rings. The van der Waals surface area contributed by atoms with Crippen LogP contribution < -0.4 is 15.5 Å². The quantitative estimate of drug-likeness (QED) is 0.598. The molecule has 26 heavy (non-hydrogen) atoms. The van der Waals surface area contributed by atoms with Gasteiger partial charge in [-0.15, -0.1) is 0 Å². The van der Waals surface area contributed by atoms with Gasteiger partial charge in [0.2, 0.25) is 5.91 Å². The molecule has 0 radical (unpaired) electrons. The van der Waals surface area contributed by atoms with E-state index in [9.17, 15) is 9.18 Å². The minimum absolute atomic E-state index is 0.170. The van der Waals surface area contributed by atoms with Crippen molar-refractivity contribution in [2.24, 2.45) is 0 Å². The first-order valence-corrected chi connectivity index (χ1v) is 9.22. The van der Waals surface area contributed by atoms with Crippen LogP contribution in [0.15, 0.2) is 48.5 Å². The first-order valence-electron chi connectivity index (χ1n) is 8.81. The zero-order chi connectivity index (χ0) is 18.4. The van der Waals surface area contributed by atoms with Gasteiger partial charge in [0.1, 0.15) is 5.82 Å². The summed E-state index contributed by atoms with van der Waals surface area (Å²) in [4.78, 5) is 13.7. The Kier molecular flexibility index (Phi) is 6.17. The third-order valence-corrected chi connectivity index (χ3v) is 4.58. The number of benzene rings is 2. The van der Waals surface area contributed by atoms with Gasteiger partial charge in [0.15, 0.2) is 5.11 Å². The van der Waals surface area contributed by atoms with Crippen LogP contribution in [-0.2, 0) is 11.2 Å². The average Bonchev–Trinajstić information content (AvgIpc) is 3.06. The number of hydrogen-bond donors (Lipinski definition) is 2. The molecule has 0 aliphatic carbocycles. The molecule has 6 heteroatoms. The van der Waals surface area contributed by atoms with E-state index in [0.29, 0.717) is 11.5 Å². The lowest BCUT2D eigenvalue weighted by atomic mass is 10.1. The SMILES string of the molecule is O=C1CCCN1c1cccc(NC(=S)NCCCc2ccc(F)cc2)c1. The maximum atomic E-state index is 12.9. The van der Waals surface area contributed by atoms with Gasteiger partial charge in [0.05, 0.1) is 0 Å². The summed E-state index contributed by atoms with van der Waals surface area (Å²) in [5.41, 5.74) is 2.87. The summed E-state index contributed by atoms with van der Waals surface area (Å²) in [5, 5.41) is 6.89. The number of hydrogen-bond acceptors (Lipinski definition) is 2. The molecule has 2 aromatic carbocycles. The fourth-order valence-electron chi connectivity index (χ4n) is 2.99. The molecule has 1 saturated heterocycles. The van der Waals surface area contributed by atoms with Crippen molar-refractivity contribution in [2.45, 2.75) is 25.7 Å². The van der Waals surface area contributed by atoms with Crippen LogP contribution >= 0.6 is 12.2 Å². The van der Waals surface area contributed by atoms with Crippen LogP contribution in [0.1, 0.15) is 24.8 Å². The first kappa shape index (κ1) is 18.3. The lowest BCUT2D eigenvalue weighted by molar-refractivity contribution is -0.117. The zero-order valence-electron chi connectivity index (χ0n) is 14.5. The van der Waals surface area contributed by atoms with Gasteiger partial charge >= 0.3 is 0 Å². The van der Waals surface area contributed by atoms with Crippen LogP contribution in [0.3, 0.4) is 0 Å². The molecule has 1 heterocycles. The Morgan fingerprint density at radius 1 is 1.19 bits per heavy atom. The molecule has 0 spiro atoms. The topological polar surface area (TPSA) is 44.4 Å². The molecule has 2 N–H and O–H groups in total. The molecule has 0 aromatic heterocycles. The van der Waals surface area contributed by atoms with Crippen LogP contribution in [-0.4, -0.2) is 24.1 Å². The highest BCUT2D eigenvalue weighted by molar-refractivity contribution is 7.80. The number of carbonyl (C=O) groups is 1. The maximum absolute atomic E-state index is 12.9. The molecule has 1 fully saturated rings. The smallest absolute Gasteiger partial charge is 0.227 e. The summed E-state index contributed by atoms with van der Waals surface area (Å²) in [6.07, 6.45) is 3.29. The van der Waals surface area contributed by atoms with Crippen molar-refractivity contribution in [2.75, 3.05) is 23.3 Å². The predicted molar refractivity (Wildman–Crippen MR) is 107 cm³/mol. The number of thiocarbonyl (C=S) groups is 1. The van der Waals surface area contributed by atoms with E-state index >= 15 is 0 Å². The standard InChI is InChI=1S/C20H22FN3OS/c21-16-10-8-15(9-11-16)4-2-12-22-20(26)23-17-5-1-6-18(14-17)24-13-3-7-19(24)25/h1,5-6,8-11,14H,2-4,7,12-13H2,(H2,22,23,26). The van der Waals surface area contributed by atoms with E-state index in [1.54, 1.807) is 12.1 Å². The van der Waals surface area contributed by atoms with Crippen LogP contribution in [0.4, 0.5) is 15.8 Å². The molecule has 1 amide bonds. The number of halogens is 1. The molecular weight excluding hydrogens is 349 g/mol. The van der Waals surface area contributed by atoms with E-state index in [4.69, 9.17) is 12.2 Å². The molecule has 0 unspecified atom stereocenters. The molecule has 3 rings (SSSR count). The number of carbonyl (C=O) groups excluding carboxylic acids is 1.